The molecule has 0 saturated heterocycles. The molecule has 9 aromatic rings. The number of hydrogen-bond acceptors (Lipinski definition) is 1. The zero-order valence-electron chi connectivity index (χ0n) is 26.4. The van der Waals surface area contributed by atoms with Crippen molar-refractivity contribution in [2.45, 2.75) is 0 Å². The summed E-state index contributed by atoms with van der Waals surface area (Å²) in [4.78, 5) is 2.41. The van der Waals surface area contributed by atoms with E-state index < -0.39 is 0 Å². The Labute approximate surface area is 280 Å². The molecule has 2 heteroatoms. The van der Waals surface area contributed by atoms with Crippen molar-refractivity contribution in [3.05, 3.63) is 194 Å². The molecule has 8 aromatic carbocycles. The highest BCUT2D eigenvalue weighted by Crippen LogP contribution is 2.44. The number of hydrogen-bond donors (Lipinski definition) is 0. The maximum Gasteiger partial charge on any atom is 0.0547 e. The Morgan fingerprint density at radius 2 is 1.00 bits per heavy atom. The molecule has 0 bridgehead atoms. The monoisotopic (exact) mass is 612 g/mol. The maximum atomic E-state index is 2.41. The van der Waals surface area contributed by atoms with Crippen molar-refractivity contribution in [3.8, 4) is 27.9 Å². The fourth-order valence-electron chi connectivity index (χ4n) is 7.20. The Balaban J connectivity index is 1.28. The van der Waals surface area contributed by atoms with Gasteiger partial charge in [0.25, 0.3) is 0 Å². The second kappa shape index (κ2) is 11.8. The van der Waals surface area contributed by atoms with Gasteiger partial charge in [0.15, 0.2) is 0 Å². The zero-order valence-corrected chi connectivity index (χ0v) is 26.4. The van der Waals surface area contributed by atoms with Crippen LogP contribution in [0.3, 0.4) is 0 Å². The van der Waals surface area contributed by atoms with Crippen LogP contribution in [0.25, 0.3) is 60.5 Å². The van der Waals surface area contributed by atoms with Gasteiger partial charge in [0.2, 0.25) is 0 Å². The lowest BCUT2D eigenvalue weighted by Gasteiger charge is -2.28. The fraction of sp³-hybridized carbons (Fsp3) is 0. The Morgan fingerprint density at radius 1 is 0.375 bits per heavy atom. The zero-order chi connectivity index (χ0) is 31.9. The summed E-state index contributed by atoms with van der Waals surface area (Å²) in [5, 5.41) is 4.95. The molecule has 0 radical (unpaired) electrons. The molecule has 1 heterocycles. The average Bonchev–Trinajstić information content (AvgIpc) is 3.51. The fourth-order valence-corrected chi connectivity index (χ4v) is 7.20. The van der Waals surface area contributed by atoms with Crippen molar-refractivity contribution in [1.82, 2.24) is 4.57 Å². The van der Waals surface area contributed by atoms with Crippen LogP contribution in [0.15, 0.2) is 194 Å². The van der Waals surface area contributed by atoms with Gasteiger partial charge in [-0.2, -0.15) is 0 Å². The van der Waals surface area contributed by atoms with Crippen LogP contribution in [0, 0.1) is 0 Å². The second-order valence-electron chi connectivity index (χ2n) is 12.2. The van der Waals surface area contributed by atoms with Crippen molar-refractivity contribution in [2.24, 2.45) is 0 Å². The van der Waals surface area contributed by atoms with E-state index in [2.05, 4.69) is 204 Å². The van der Waals surface area contributed by atoms with E-state index in [-0.39, 0.29) is 0 Å². The lowest BCUT2D eigenvalue weighted by molar-refractivity contribution is 1.18. The van der Waals surface area contributed by atoms with Crippen molar-refractivity contribution < 1.29 is 0 Å². The van der Waals surface area contributed by atoms with Gasteiger partial charge in [-0.3, -0.25) is 0 Å². The number of aromatic nitrogens is 1. The first-order valence-corrected chi connectivity index (χ1v) is 16.4. The van der Waals surface area contributed by atoms with E-state index in [1.54, 1.807) is 0 Å². The summed E-state index contributed by atoms with van der Waals surface area (Å²) in [6.07, 6.45) is 0. The Kier molecular flexibility index (Phi) is 6.84. The first-order valence-electron chi connectivity index (χ1n) is 16.4. The largest absolute Gasteiger partial charge is 0.310 e. The van der Waals surface area contributed by atoms with Gasteiger partial charge in [-0.25, -0.2) is 0 Å². The number of anilines is 3. The molecular weight excluding hydrogens is 581 g/mol. The molecule has 0 unspecified atom stereocenters. The third-order valence-corrected chi connectivity index (χ3v) is 9.35. The summed E-state index contributed by atoms with van der Waals surface area (Å²) in [5.41, 5.74) is 11.7. The number of rotatable bonds is 6. The van der Waals surface area contributed by atoms with E-state index in [0.29, 0.717) is 0 Å². The SMILES string of the molecule is c1ccc(-c2ccccc2N(c2cccc(-c3cccc4c3c3ccccc3n4-c3ccccc3)c2)c2ccc3ccccc3c2)cc1. The topological polar surface area (TPSA) is 8.17 Å². The van der Waals surface area contributed by atoms with Crippen LogP contribution < -0.4 is 4.90 Å². The molecular formula is C46H32N2. The highest BCUT2D eigenvalue weighted by atomic mass is 15.1. The summed E-state index contributed by atoms with van der Waals surface area (Å²) in [6.45, 7) is 0. The second-order valence-corrected chi connectivity index (χ2v) is 12.2. The predicted octanol–water partition coefficient (Wildman–Crippen LogP) is 12.7. The first-order chi connectivity index (χ1) is 23.8. The van der Waals surface area contributed by atoms with Crippen molar-refractivity contribution in [1.29, 1.82) is 0 Å². The Hall–Kier alpha value is -6.38. The number of nitrogens with zero attached hydrogens (tertiary/aromatic N) is 2. The molecule has 9 rings (SSSR count). The Morgan fingerprint density at radius 3 is 1.88 bits per heavy atom. The van der Waals surface area contributed by atoms with E-state index in [1.165, 1.54) is 54.8 Å². The molecule has 0 aliphatic heterocycles. The Bertz CT molecular complexity index is 2560. The minimum Gasteiger partial charge on any atom is -0.310 e. The summed E-state index contributed by atoms with van der Waals surface area (Å²) in [6, 6.07) is 69.9. The van der Waals surface area contributed by atoms with E-state index in [9.17, 15) is 0 Å². The third-order valence-electron chi connectivity index (χ3n) is 9.35. The smallest absolute Gasteiger partial charge is 0.0547 e. The van der Waals surface area contributed by atoms with Gasteiger partial charge >= 0.3 is 0 Å². The van der Waals surface area contributed by atoms with E-state index in [1.807, 2.05) is 0 Å². The summed E-state index contributed by atoms with van der Waals surface area (Å²) in [7, 11) is 0. The van der Waals surface area contributed by atoms with Gasteiger partial charge in [-0.05, 0) is 82.1 Å². The molecule has 0 aliphatic carbocycles. The molecule has 1 aromatic heterocycles. The van der Waals surface area contributed by atoms with Gasteiger partial charge in [-0.1, -0.05) is 140 Å². The number of para-hydroxylation sites is 3. The normalized spacial score (nSPS) is 11.3. The lowest BCUT2D eigenvalue weighted by Crippen LogP contribution is -2.11. The van der Waals surface area contributed by atoms with Gasteiger partial charge in [0.05, 0.1) is 16.7 Å². The van der Waals surface area contributed by atoms with Crippen LogP contribution in [0.5, 0.6) is 0 Å². The van der Waals surface area contributed by atoms with E-state index in [0.717, 1.165) is 22.7 Å². The molecule has 0 spiro atoms. The van der Waals surface area contributed by atoms with Gasteiger partial charge in [-0.15, -0.1) is 0 Å². The summed E-state index contributed by atoms with van der Waals surface area (Å²) < 4.78 is 2.38. The quantitative estimate of drug-likeness (QED) is 0.181. The standard InChI is InChI=1S/C46H32N2/c1-3-16-34(17-4-1)40-23-9-11-26-43(40)47(39-30-29-33-15-7-8-18-35(33)31-39)38-22-13-19-36(32-38)41-25-14-28-45-46(41)42-24-10-12-27-44(42)48(45)37-20-5-2-6-21-37/h1-32H. The minimum absolute atomic E-state index is 1.11. The molecule has 226 valence electrons. The van der Waals surface area contributed by atoms with Crippen LogP contribution in [-0.4, -0.2) is 4.57 Å². The molecule has 0 fully saturated rings. The minimum atomic E-state index is 1.11. The highest BCUT2D eigenvalue weighted by Gasteiger charge is 2.20. The molecule has 48 heavy (non-hydrogen) atoms. The van der Waals surface area contributed by atoms with Crippen LogP contribution in [0.1, 0.15) is 0 Å². The van der Waals surface area contributed by atoms with Crippen molar-refractivity contribution in [3.63, 3.8) is 0 Å². The molecule has 0 N–H and O–H groups in total. The molecule has 0 amide bonds. The molecule has 2 nitrogen and oxygen atoms in total. The summed E-state index contributed by atoms with van der Waals surface area (Å²) in [5.74, 6) is 0. The lowest BCUT2D eigenvalue weighted by atomic mass is 9.97. The van der Waals surface area contributed by atoms with Crippen LogP contribution in [-0.2, 0) is 0 Å². The van der Waals surface area contributed by atoms with Crippen LogP contribution >= 0.6 is 0 Å². The average molecular weight is 613 g/mol. The molecule has 0 atom stereocenters. The number of fused-ring (bicyclic) bond motifs is 4. The summed E-state index contributed by atoms with van der Waals surface area (Å²) >= 11 is 0. The van der Waals surface area contributed by atoms with Gasteiger partial charge in [0, 0.05) is 33.4 Å². The highest BCUT2D eigenvalue weighted by molar-refractivity contribution is 6.16. The van der Waals surface area contributed by atoms with Gasteiger partial charge < -0.3 is 9.47 Å². The molecule has 0 aliphatic rings. The van der Waals surface area contributed by atoms with Crippen LogP contribution in [0.2, 0.25) is 0 Å². The van der Waals surface area contributed by atoms with E-state index >= 15 is 0 Å². The van der Waals surface area contributed by atoms with Crippen molar-refractivity contribution in [2.75, 3.05) is 4.90 Å². The first kappa shape index (κ1) is 27.9. The van der Waals surface area contributed by atoms with E-state index in [4.69, 9.17) is 0 Å². The van der Waals surface area contributed by atoms with Crippen molar-refractivity contribution >= 4 is 49.6 Å². The predicted molar refractivity (Wildman–Crippen MR) is 204 cm³/mol. The third kappa shape index (κ3) is 4.74. The maximum absolute atomic E-state index is 2.41. The molecule has 0 saturated carbocycles. The van der Waals surface area contributed by atoms with Gasteiger partial charge in [0.1, 0.15) is 0 Å². The van der Waals surface area contributed by atoms with Crippen LogP contribution in [0.4, 0.5) is 17.1 Å². The number of benzene rings is 8.